The van der Waals surface area contributed by atoms with Crippen molar-refractivity contribution in [3.63, 3.8) is 0 Å². The lowest BCUT2D eigenvalue weighted by Gasteiger charge is -2.07. The molecule has 0 aliphatic rings. The van der Waals surface area contributed by atoms with Crippen molar-refractivity contribution in [3.05, 3.63) is 90.0 Å². The number of carbonyl (C=O) groups is 1. The van der Waals surface area contributed by atoms with Gasteiger partial charge in [0.1, 0.15) is 11.6 Å². The first-order valence-electron chi connectivity index (χ1n) is 9.29. The van der Waals surface area contributed by atoms with Crippen LogP contribution in [0.4, 0.5) is 10.1 Å². The highest BCUT2D eigenvalue weighted by Crippen LogP contribution is 2.24. The van der Waals surface area contributed by atoms with Gasteiger partial charge in [-0.25, -0.2) is 14.1 Å². The van der Waals surface area contributed by atoms with Crippen molar-refractivity contribution in [3.8, 4) is 22.8 Å². The van der Waals surface area contributed by atoms with E-state index >= 15 is 0 Å². The molecule has 1 N–H and O–H groups in total. The fraction of sp³-hybridized carbons (Fsp3) is 0.0870. The second kappa shape index (κ2) is 8.16. The molecule has 0 fully saturated rings. The molecule has 0 atom stereocenters. The van der Waals surface area contributed by atoms with Gasteiger partial charge >= 0.3 is 0 Å². The third kappa shape index (κ3) is 4.05. The van der Waals surface area contributed by atoms with E-state index in [0.29, 0.717) is 17.3 Å². The average molecular weight is 402 g/mol. The van der Waals surface area contributed by atoms with Crippen molar-refractivity contribution in [1.82, 2.24) is 14.8 Å². The molecule has 0 radical (unpaired) electrons. The molecule has 150 valence electrons. The monoisotopic (exact) mass is 402 g/mol. The minimum atomic E-state index is -0.526. The summed E-state index contributed by atoms with van der Waals surface area (Å²) in [6.45, 7) is 1.98. The molecule has 4 aromatic rings. The number of benzene rings is 3. The van der Waals surface area contributed by atoms with Crippen LogP contribution in [0.5, 0.6) is 5.75 Å². The summed E-state index contributed by atoms with van der Waals surface area (Å²) in [5, 5.41) is 7.05. The van der Waals surface area contributed by atoms with Crippen LogP contribution in [0.25, 0.3) is 17.1 Å². The van der Waals surface area contributed by atoms with Gasteiger partial charge in [0, 0.05) is 11.3 Å². The molecular formula is C23H19FN4O2. The molecule has 0 aliphatic carbocycles. The van der Waals surface area contributed by atoms with Crippen LogP contribution in [0, 0.1) is 12.7 Å². The molecule has 7 heteroatoms. The third-order valence-electron chi connectivity index (χ3n) is 4.49. The largest absolute Gasteiger partial charge is 0.497 e. The molecule has 3 aromatic carbocycles. The lowest BCUT2D eigenvalue weighted by Crippen LogP contribution is -2.14. The number of hydrogen-bond donors (Lipinski definition) is 1. The Bertz CT molecular complexity index is 1200. The molecule has 1 aromatic heterocycles. The normalized spacial score (nSPS) is 10.6. The van der Waals surface area contributed by atoms with Crippen LogP contribution in [0.2, 0.25) is 0 Å². The zero-order valence-electron chi connectivity index (χ0n) is 16.5. The third-order valence-corrected chi connectivity index (χ3v) is 4.49. The Morgan fingerprint density at radius 3 is 2.50 bits per heavy atom. The number of hydrogen-bond acceptors (Lipinski definition) is 4. The molecule has 1 amide bonds. The number of nitrogens with one attached hydrogen (secondary N) is 1. The highest BCUT2D eigenvalue weighted by molar-refractivity contribution is 6.01. The molecule has 4 rings (SSSR count). The van der Waals surface area contributed by atoms with Gasteiger partial charge in [-0.05, 0) is 55.5 Å². The number of methoxy groups -OCH3 is 1. The number of anilines is 1. The molecule has 0 spiro atoms. The van der Waals surface area contributed by atoms with E-state index in [4.69, 9.17) is 4.74 Å². The molecule has 0 aliphatic heterocycles. The zero-order chi connectivity index (χ0) is 21.1. The lowest BCUT2D eigenvalue weighted by atomic mass is 10.1. The maximum Gasteiger partial charge on any atom is 0.295 e. The second-order valence-electron chi connectivity index (χ2n) is 6.70. The highest BCUT2D eigenvalue weighted by atomic mass is 19.1. The van der Waals surface area contributed by atoms with Crippen LogP contribution in [-0.4, -0.2) is 27.8 Å². The van der Waals surface area contributed by atoms with Crippen LogP contribution < -0.4 is 10.1 Å². The summed E-state index contributed by atoms with van der Waals surface area (Å²) in [7, 11) is 1.59. The predicted octanol–water partition coefficient (Wildman–Crippen LogP) is 4.64. The Hall–Kier alpha value is -4.00. The van der Waals surface area contributed by atoms with E-state index < -0.39 is 11.7 Å². The van der Waals surface area contributed by atoms with E-state index in [1.807, 2.05) is 55.5 Å². The number of rotatable bonds is 5. The molecule has 30 heavy (non-hydrogen) atoms. The van der Waals surface area contributed by atoms with Crippen molar-refractivity contribution < 1.29 is 13.9 Å². The maximum absolute atomic E-state index is 13.4. The van der Waals surface area contributed by atoms with Gasteiger partial charge < -0.3 is 10.1 Å². The fourth-order valence-corrected chi connectivity index (χ4v) is 3.04. The molecule has 1 heterocycles. The summed E-state index contributed by atoms with van der Waals surface area (Å²) in [5.74, 6) is 0.242. The van der Waals surface area contributed by atoms with Gasteiger partial charge in [0.05, 0.1) is 12.8 Å². The Morgan fingerprint density at radius 2 is 1.80 bits per heavy atom. The number of carbonyl (C=O) groups excluding carboxylic acids is 1. The van der Waals surface area contributed by atoms with Crippen molar-refractivity contribution >= 4 is 11.6 Å². The van der Waals surface area contributed by atoms with Crippen LogP contribution in [0.1, 0.15) is 16.2 Å². The van der Waals surface area contributed by atoms with E-state index in [9.17, 15) is 9.18 Å². The van der Waals surface area contributed by atoms with E-state index in [0.717, 1.165) is 16.8 Å². The Labute approximate surface area is 173 Å². The molecule has 0 unspecified atom stereocenters. The summed E-state index contributed by atoms with van der Waals surface area (Å²) < 4.78 is 20.3. The summed E-state index contributed by atoms with van der Waals surface area (Å²) in [6.07, 6.45) is 0. The smallest absolute Gasteiger partial charge is 0.295 e. The lowest BCUT2D eigenvalue weighted by molar-refractivity contribution is 0.101. The standard InChI is InChI=1S/C23H19FN4O2/c1-15-5-3-6-16(13-15)22-26-21(23(29)25-18-8-4-7-17(24)14-18)27-28(22)19-9-11-20(30-2)12-10-19/h3-14H,1-2H3,(H,25,29). The number of aryl methyl sites for hydroxylation is 1. The minimum absolute atomic E-state index is 0.0217. The first-order chi connectivity index (χ1) is 14.5. The van der Waals surface area contributed by atoms with Crippen molar-refractivity contribution in [1.29, 1.82) is 0 Å². The number of halogens is 1. The highest BCUT2D eigenvalue weighted by Gasteiger charge is 2.19. The molecule has 0 bridgehead atoms. The maximum atomic E-state index is 13.4. The molecule has 0 saturated carbocycles. The Morgan fingerprint density at radius 1 is 1.03 bits per heavy atom. The summed E-state index contributed by atoms with van der Waals surface area (Å²) >= 11 is 0. The number of aromatic nitrogens is 3. The van der Waals surface area contributed by atoms with Gasteiger partial charge in [-0.2, -0.15) is 0 Å². The molecule has 6 nitrogen and oxygen atoms in total. The van der Waals surface area contributed by atoms with E-state index in [1.54, 1.807) is 17.9 Å². The first-order valence-corrected chi connectivity index (χ1v) is 9.29. The SMILES string of the molecule is COc1ccc(-n2nc(C(=O)Nc3cccc(F)c3)nc2-c2cccc(C)c2)cc1. The Balaban J connectivity index is 1.75. The number of ether oxygens (including phenoxy) is 1. The van der Waals surface area contributed by atoms with Crippen LogP contribution in [0.15, 0.2) is 72.8 Å². The van der Waals surface area contributed by atoms with Crippen molar-refractivity contribution in [2.75, 3.05) is 12.4 Å². The predicted molar refractivity (Wildman–Crippen MR) is 112 cm³/mol. The van der Waals surface area contributed by atoms with Gasteiger partial charge in [-0.15, -0.1) is 5.10 Å². The quantitative estimate of drug-likeness (QED) is 0.528. The van der Waals surface area contributed by atoms with Gasteiger partial charge in [0.25, 0.3) is 5.91 Å². The van der Waals surface area contributed by atoms with Crippen LogP contribution >= 0.6 is 0 Å². The number of amides is 1. The summed E-state index contributed by atoms with van der Waals surface area (Å²) in [5.41, 5.74) is 2.94. The van der Waals surface area contributed by atoms with Gasteiger partial charge in [0.15, 0.2) is 5.82 Å². The summed E-state index contributed by atoms with van der Waals surface area (Å²) in [4.78, 5) is 17.2. The van der Waals surface area contributed by atoms with Crippen LogP contribution in [-0.2, 0) is 0 Å². The molecular weight excluding hydrogens is 383 g/mol. The van der Waals surface area contributed by atoms with Gasteiger partial charge in [0.2, 0.25) is 5.82 Å². The van der Waals surface area contributed by atoms with E-state index in [2.05, 4.69) is 15.4 Å². The Kier molecular flexibility index (Phi) is 5.26. The minimum Gasteiger partial charge on any atom is -0.497 e. The number of nitrogens with zero attached hydrogens (tertiary/aromatic N) is 3. The fourth-order valence-electron chi connectivity index (χ4n) is 3.04. The van der Waals surface area contributed by atoms with Crippen molar-refractivity contribution in [2.45, 2.75) is 6.92 Å². The van der Waals surface area contributed by atoms with E-state index in [1.165, 1.54) is 18.2 Å². The van der Waals surface area contributed by atoms with Crippen LogP contribution in [0.3, 0.4) is 0 Å². The van der Waals surface area contributed by atoms with Gasteiger partial charge in [-0.1, -0.05) is 29.8 Å². The topological polar surface area (TPSA) is 69.0 Å². The summed E-state index contributed by atoms with van der Waals surface area (Å²) in [6, 6.07) is 20.7. The van der Waals surface area contributed by atoms with Gasteiger partial charge in [-0.3, -0.25) is 4.79 Å². The first kappa shape index (κ1) is 19.3. The van der Waals surface area contributed by atoms with Crippen molar-refractivity contribution in [2.24, 2.45) is 0 Å². The zero-order valence-corrected chi connectivity index (χ0v) is 16.5. The second-order valence-corrected chi connectivity index (χ2v) is 6.70. The van der Waals surface area contributed by atoms with E-state index in [-0.39, 0.29) is 5.82 Å². The average Bonchev–Trinajstić information content (AvgIpc) is 3.19. The molecule has 0 saturated heterocycles.